The minimum Gasteiger partial charge on any atom is -0.481 e. The quantitative estimate of drug-likeness (QED) is 0.793. The number of aryl methyl sites for hydroxylation is 1. The topological polar surface area (TPSA) is 67.5 Å². The molecule has 0 aliphatic heterocycles. The van der Waals surface area contributed by atoms with Crippen LogP contribution in [-0.2, 0) is 11.2 Å². The third kappa shape index (κ3) is 2.48. The summed E-state index contributed by atoms with van der Waals surface area (Å²) in [5, 5.41) is 13.8. The summed E-state index contributed by atoms with van der Waals surface area (Å²) in [6.45, 7) is 0. The Kier molecular flexibility index (Phi) is 3.00. The summed E-state index contributed by atoms with van der Waals surface area (Å²) in [5.41, 5.74) is 1.93. The number of hydrogen-bond donors (Lipinski definition) is 1. The van der Waals surface area contributed by atoms with Crippen LogP contribution in [0.5, 0.6) is 0 Å². The molecule has 0 radical (unpaired) electrons. The van der Waals surface area contributed by atoms with Crippen molar-refractivity contribution in [1.29, 1.82) is 0 Å². The Morgan fingerprint density at radius 3 is 2.79 bits per heavy atom. The van der Waals surface area contributed by atoms with Gasteiger partial charge in [0.2, 0.25) is 4.96 Å². The Labute approximate surface area is 113 Å². The van der Waals surface area contributed by atoms with E-state index in [1.54, 1.807) is 4.52 Å². The summed E-state index contributed by atoms with van der Waals surface area (Å²) in [4.78, 5) is 15.8. The molecule has 1 aromatic carbocycles. The Morgan fingerprint density at radius 2 is 2.11 bits per heavy atom. The molecule has 0 bridgehead atoms. The maximum atomic E-state index is 10.5. The van der Waals surface area contributed by atoms with Crippen LogP contribution in [0.3, 0.4) is 0 Å². The van der Waals surface area contributed by atoms with E-state index < -0.39 is 5.97 Å². The van der Waals surface area contributed by atoms with Crippen LogP contribution in [0.4, 0.5) is 0 Å². The molecule has 0 saturated carbocycles. The van der Waals surface area contributed by atoms with E-state index in [4.69, 9.17) is 5.11 Å². The Morgan fingerprint density at radius 1 is 1.32 bits per heavy atom. The van der Waals surface area contributed by atoms with E-state index >= 15 is 0 Å². The zero-order valence-electron chi connectivity index (χ0n) is 9.98. The van der Waals surface area contributed by atoms with Crippen LogP contribution in [-0.4, -0.2) is 25.7 Å². The Balaban J connectivity index is 1.87. The van der Waals surface area contributed by atoms with Crippen LogP contribution >= 0.6 is 11.3 Å². The molecule has 0 aliphatic rings. The summed E-state index contributed by atoms with van der Waals surface area (Å²) in [6, 6.07) is 9.89. The van der Waals surface area contributed by atoms with Gasteiger partial charge < -0.3 is 5.11 Å². The fourth-order valence-corrected chi connectivity index (χ4v) is 2.68. The molecule has 0 aliphatic carbocycles. The standard InChI is InChI=1S/C13H11N3O2S/c17-12(18)7-6-11-15-16-8-10(14-13(16)19-11)9-4-2-1-3-5-9/h1-5,8H,6-7H2,(H,17,18). The predicted molar refractivity (Wildman–Crippen MR) is 72.3 cm³/mol. The highest BCUT2D eigenvalue weighted by Crippen LogP contribution is 2.22. The number of aliphatic carboxylic acids is 1. The fraction of sp³-hybridized carbons (Fsp3) is 0.154. The van der Waals surface area contributed by atoms with Crippen LogP contribution < -0.4 is 0 Å². The van der Waals surface area contributed by atoms with E-state index in [1.807, 2.05) is 36.5 Å². The third-order valence-corrected chi connectivity index (χ3v) is 3.69. The molecule has 3 aromatic rings. The van der Waals surface area contributed by atoms with Gasteiger partial charge in [-0.15, -0.1) is 0 Å². The van der Waals surface area contributed by atoms with Crippen molar-refractivity contribution in [3.63, 3.8) is 0 Å². The smallest absolute Gasteiger partial charge is 0.303 e. The van der Waals surface area contributed by atoms with Gasteiger partial charge in [-0.2, -0.15) is 5.10 Å². The molecule has 0 fully saturated rings. The first-order valence-corrected chi connectivity index (χ1v) is 6.66. The average molecular weight is 273 g/mol. The zero-order valence-corrected chi connectivity index (χ0v) is 10.8. The normalized spacial score (nSPS) is 10.9. The third-order valence-electron chi connectivity index (χ3n) is 2.71. The molecular formula is C13H11N3O2S. The number of aromatic nitrogens is 3. The lowest BCUT2D eigenvalue weighted by atomic mass is 10.2. The van der Waals surface area contributed by atoms with Gasteiger partial charge in [-0.3, -0.25) is 4.79 Å². The van der Waals surface area contributed by atoms with E-state index in [0.29, 0.717) is 6.42 Å². The van der Waals surface area contributed by atoms with Crippen molar-refractivity contribution in [3.8, 4) is 11.3 Å². The molecule has 0 saturated heterocycles. The monoisotopic (exact) mass is 273 g/mol. The second kappa shape index (κ2) is 4.81. The summed E-state index contributed by atoms with van der Waals surface area (Å²) >= 11 is 1.43. The van der Waals surface area contributed by atoms with Gasteiger partial charge >= 0.3 is 5.97 Å². The van der Waals surface area contributed by atoms with Gasteiger partial charge in [0.1, 0.15) is 5.01 Å². The fourth-order valence-electron chi connectivity index (χ4n) is 1.80. The van der Waals surface area contributed by atoms with E-state index in [0.717, 1.165) is 21.2 Å². The Bertz CT molecular complexity index is 686. The largest absolute Gasteiger partial charge is 0.481 e. The molecule has 0 unspecified atom stereocenters. The number of benzene rings is 1. The highest BCUT2D eigenvalue weighted by Gasteiger charge is 2.10. The molecule has 2 heterocycles. The number of carboxylic acid groups (broad SMARTS) is 1. The number of fused-ring (bicyclic) bond motifs is 1. The molecule has 96 valence electrons. The van der Waals surface area contributed by atoms with Crippen molar-refractivity contribution in [3.05, 3.63) is 41.5 Å². The number of imidazole rings is 1. The molecule has 5 nitrogen and oxygen atoms in total. The highest BCUT2D eigenvalue weighted by atomic mass is 32.1. The van der Waals surface area contributed by atoms with E-state index in [2.05, 4.69) is 10.1 Å². The molecule has 0 atom stereocenters. The van der Waals surface area contributed by atoms with Gasteiger partial charge in [0.05, 0.1) is 18.3 Å². The van der Waals surface area contributed by atoms with E-state index in [-0.39, 0.29) is 6.42 Å². The molecule has 6 heteroatoms. The van der Waals surface area contributed by atoms with Crippen LogP contribution in [0.15, 0.2) is 36.5 Å². The van der Waals surface area contributed by atoms with Crippen LogP contribution in [0.2, 0.25) is 0 Å². The van der Waals surface area contributed by atoms with Gasteiger partial charge in [-0.25, -0.2) is 9.50 Å². The summed E-state index contributed by atoms with van der Waals surface area (Å²) < 4.78 is 1.71. The van der Waals surface area contributed by atoms with Crippen LogP contribution in [0.25, 0.3) is 16.2 Å². The van der Waals surface area contributed by atoms with Gasteiger partial charge in [-0.05, 0) is 0 Å². The molecule has 0 spiro atoms. The molecule has 2 aromatic heterocycles. The molecular weight excluding hydrogens is 262 g/mol. The van der Waals surface area contributed by atoms with Crippen molar-refractivity contribution in [2.45, 2.75) is 12.8 Å². The minimum atomic E-state index is -0.808. The number of rotatable bonds is 4. The second-order valence-electron chi connectivity index (χ2n) is 4.11. The van der Waals surface area contributed by atoms with Gasteiger partial charge in [-0.1, -0.05) is 41.7 Å². The van der Waals surface area contributed by atoms with Crippen molar-refractivity contribution in [2.24, 2.45) is 0 Å². The first kappa shape index (κ1) is 11.9. The Hall–Kier alpha value is -2.21. The molecule has 3 rings (SSSR count). The lowest BCUT2D eigenvalue weighted by molar-refractivity contribution is -0.136. The van der Waals surface area contributed by atoms with E-state index in [9.17, 15) is 4.79 Å². The van der Waals surface area contributed by atoms with Gasteiger partial charge in [0.15, 0.2) is 0 Å². The zero-order chi connectivity index (χ0) is 13.2. The second-order valence-corrected chi connectivity index (χ2v) is 5.15. The van der Waals surface area contributed by atoms with Gasteiger partial charge in [0.25, 0.3) is 0 Å². The number of carbonyl (C=O) groups is 1. The summed E-state index contributed by atoms with van der Waals surface area (Å²) in [7, 11) is 0. The number of carboxylic acids is 1. The van der Waals surface area contributed by atoms with Crippen LogP contribution in [0.1, 0.15) is 11.4 Å². The molecule has 1 N–H and O–H groups in total. The first-order valence-electron chi connectivity index (χ1n) is 5.85. The molecule has 0 amide bonds. The molecule has 19 heavy (non-hydrogen) atoms. The predicted octanol–water partition coefficient (Wildman–Crippen LogP) is 2.48. The number of hydrogen-bond acceptors (Lipinski definition) is 4. The first-order chi connectivity index (χ1) is 9.22. The van der Waals surface area contributed by atoms with Crippen LogP contribution in [0, 0.1) is 0 Å². The van der Waals surface area contributed by atoms with Crippen molar-refractivity contribution in [1.82, 2.24) is 14.6 Å². The van der Waals surface area contributed by atoms with Crippen molar-refractivity contribution in [2.75, 3.05) is 0 Å². The van der Waals surface area contributed by atoms with Gasteiger partial charge in [0, 0.05) is 12.0 Å². The highest BCUT2D eigenvalue weighted by molar-refractivity contribution is 7.16. The maximum Gasteiger partial charge on any atom is 0.303 e. The lowest BCUT2D eigenvalue weighted by Gasteiger charge is -1.93. The number of nitrogens with zero attached hydrogens (tertiary/aromatic N) is 3. The average Bonchev–Trinajstić information content (AvgIpc) is 2.95. The van der Waals surface area contributed by atoms with Crippen molar-refractivity contribution < 1.29 is 9.90 Å². The lowest BCUT2D eigenvalue weighted by Crippen LogP contribution is -1.97. The van der Waals surface area contributed by atoms with E-state index in [1.165, 1.54) is 11.3 Å². The summed E-state index contributed by atoms with van der Waals surface area (Å²) in [5.74, 6) is -0.808. The minimum absolute atomic E-state index is 0.0994. The SMILES string of the molecule is O=C(O)CCc1nn2cc(-c3ccccc3)nc2s1. The van der Waals surface area contributed by atoms with Crippen molar-refractivity contribution >= 4 is 22.3 Å². The summed E-state index contributed by atoms with van der Waals surface area (Å²) in [6.07, 6.45) is 2.41. The maximum absolute atomic E-state index is 10.5.